The second-order valence-electron chi connectivity index (χ2n) is 22.7. The average molecular weight is 805 g/mol. The highest BCUT2D eigenvalue weighted by Gasteiger charge is 2.51. The zero-order chi connectivity index (χ0) is 43.4. The lowest BCUT2D eigenvalue weighted by molar-refractivity contribution is 0.589. The number of anilines is 6. The summed E-state index contributed by atoms with van der Waals surface area (Å²) in [5, 5.41) is 0. The summed E-state index contributed by atoms with van der Waals surface area (Å²) in [6.45, 7) is 28.5. The van der Waals surface area contributed by atoms with Crippen LogP contribution in [0.5, 0.6) is 0 Å². The van der Waals surface area contributed by atoms with E-state index in [9.17, 15) is 0 Å². The van der Waals surface area contributed by atoms with Crippen LogP contribution in [0, 0.1) is 0 Å². The van der Waals surface area contributed by atoms with Crippen LogP contribution in [0.4, 0.5) is 34.1 Å². The second-order valence-corrected chi connectivity index (χ2v) is 22.7. The molecule has 0 fully saturated rings. The van der Waals surface area contributed by atoms with Crippen LogP contribution in [0.2, 0.25) is 0 Å². The van der Waals surface area contributed by atoms with Crippen molar-refractivity contribution in [2.45, 2.75) is 105 Å². The summed E-state index contributed by atoms with van der Waals surface area (Å²) in [5.74, 6) is 0. The Balaban J connectivity index is 1.31. The van der Waals surface area contributed by atoms with Gasteiger partial charge in [0.15, 0.2) is 0 Å². The molecule has 2 nitrogen and oxygen atoms in total. The molecule has 7 aromatic rings. The van der Waals surface area contributed by atoms with Gasteiger partial charge in [-0.3, -0.25) is 0 Å². The van der Waals surface area contributed by atoms with Crippen LogP contribution >= 0.6 is 0 Å². The molecule has 0 atom stereocenters. The summed E-state index contributed by atoms with van der Waals surface area (Å²) >= 11 is 0. The largest absolute Gasteiger partial charge is 0.312 e. The van der Waals surface area contributed by atoms with Crippen LogP contribution in [0.15, 0.2) is 133 Å². The van der Waals surface area contributed by atoms with Crippen molar-refractivity contribution in [3.8, 4) is 22.3 Å². The highest BCUT2D eigenvalue weighted by molar-refractivity contribution is 7.05. The van der Waals surface area contributed by atoms with Crippen LogP contribution < -0.4 is 42.6 Å². The molecule has 4 heteroatoms. The first kappa shape index (κ1) is 39.1. The van der Waals surface area contributed by atoms with Gasteiger partial charge >= 0.3 is 0 Å². The van der Waals surface area contributed by atoms with Crippen LogP contribution in [-0.4, -0.2) is 13.4 Å². The zero-order valence-corrected chi connectivity index (χ0v) is 38.8. The number of para-hydroxylation sites is 2. The molecular weight excluding hydrogens is 746 g/mol. The molecule has 4 aliphatic heterocycles. The molecule has 4 aliphatic rings. The molecule has 7 aromatic carbocycles. The van der Waals surface area contributed by atoms with Crippen molar-refractivity contribution in [3.05, 3.63) is 156 Å². The van der Waals surface area contributed by atoms with Gasteiger partial charge < -0.3 is 9.80 Å². The first-order chi connectivity index (χ1) is 29.3. The molecule has 0 unspecified atom stereocenters. The Morgan fingerprint density at radius 2 is 0.726 bits per heavy atom. The molecule has 0 aromatic heterocycles. The van der Waals surface area contributed by atoms with Gasteiger partial charge in [-0.15, -0.1) is 0 Å². The highest BCUT2D eigenvalue weighted by atomic mass is 15.2. The van der Waals surface area contributed by atoms with Crippen LogP contribution in [0.3, 0.4) is 0 Å². The summed E-state index contributed by atoms with van der Waals surface area (Å²) in [6.07, 6.45) is 0. The van der Waals surface area contributed by atoms with Gasteiger partial charge in [-0.05, 0) is 137 Å². The maximum Gasteiger partial charge on any atom is 0.248 e. The molecule has 4 heterocycles. The molecule has 62 heavy (non-hydrogen) atoms. The fraction of sp³-hybridized carbons (Fsp3) is 0.276. The van der Waals surface area contributed by atoms with Gasteiger partial charge in [0.2, 0.25) is 13.4 Å². The van der Waals surface area contributed by atoms with Gasteiger partial charge in [0.25, 0.3) is 0 Å². The van der Waals surface area contributed by atoms with Crippen LogP contribution in [-0.2, 0) is 21.7 Å². The fourth-order valence-electron chi connectivity index (χ4n) is 11.0. The average Bonchev–Trinajstić information content (AvgIpc) is 3.73. The third-order valence-electron chi connectivity index (χ3n) is 14.4. The Morgan fingerprint density at radius 3 is 1.10 bits per heavy atom. The van der Waals surface area contributed by atoms with Gasteiger partial charge in [0.05, 0.1) is 0 Å². The summed E-state index contributed by atoms with van der Waals surface area (Å²) < 4.78 is 0. The molecule has 306 valence electrons. The van der Waals surface area contributed by atoms with E-state index in [2.05, 4.69) is 226 Å². The topological polar surface area (TPSA) is 6.48 Å². The Morgan fingerprint density at radius 1 is 0.355 bits per heavy atom. The molecule has 0 saturated carbocycles. The Bertz CT molecular complexity index is 2810. The monoisotopic (exact) mass is 804 g/mol. The summed E-state index contributed by atoms with van der Waals surface area (Å²) in [4.78, 5) is 5.22. The minimum absolute atomic E-state index is 0.0279. The van der Waals surface area contributed by atoms with Crippen molar-refractivity contribution in [1.29, 1.82) is 0 Å². The Labute approximate surface area is 371 Å². The van der Waals surface area contributed by atoms with E-state index < -0.39 is 0 Å². The maximum atomic E-state index is 2.74. The molecule has 0 bridgehead atoms. The maximum absolute atomic E-state index is 2.74. The van der Waals surface area contributed by atoms with E-state index in [1.807, 2.05) is 0 Å². The van der Waals surface area contributed by atoms with E-state index in [1.54, 1.807) is 0 Å². The molecular formula is C58H58B2N2. The van der Waals surface area contributed by atoms with E-state index in [0.717, 1.165) is 11.4 Å². The first-order valence-corrected chi connectivity index (χ1v) is 22.8. The summed E-state index contributed by atoms with van der Waals surface area (Å²) in [7, 11) is 0. The normalized spacial score (nSPS) is 14.4. The minimum Gasteiger partial charge on any atom is -0.312 e. The first-order valence-electron chi connectivity index (χ1n) is 22.8. The van der Waals surface area contributed by atoms with Gasteiger partial charge in [0, 0.05) is 34.1 Å². The number of fused-ring (bicyclic) bond motifs is 10. The van der Waals surface area contributed by atoms with Crippen molar-refractivity contribution in [2.75, 3.05) is 9.80 Å². The Kier molecular flexibility index (Phi) is 8.15. The predicted molar refractivity (Wildman–Crippen MR) is 271 cm³/mol. The van der Waals surface area contributed by atoms with Crippen molar-refractivity contribution >= 4 is 80.3 Å². The molecule has 0 amide bonds. The number of hydrogen-bond acceptors (Lipinski definition) is 2. The third-order valence-corrected chi connectivity index (χ3v) is 14.4. The zero-order valence-electron chi connectivity index (χ0n) is 38.8. The van der Waals surface area contributed by atoms with Crippen molar-refractivity contribution in [2.24, 2.45) is 0 Å². The molecule has 0 N–H and O–H groups in total. The van der Waals surface area contributed by atoms with Gasteiger partial charge in [-0.2, -0.15) is 0 Å². The summed E-state index contributed by atoms with van der Waals surface area (Å²) in [5.41, 5.74) is 27.1. The smallest absolute Gasteiger partial charge is 0.248 e. The molecule has 0 aliphatic carbocycles. The summed E-state index contributed by atoms with van der Waals surface area (Å²) in [6, 6.07) is 52.1. The number of nitrogens with zero attached hydrogens (tertiary/aromatic N) is 2. The van der Waals surface area contributed by atoms with E-state index in [0.29, 0.717) is 0 Å². The molecule has 0 radical (unpaired) electrons. The van der Waals surface area contributed by atoms with Crippen molar-refractivity contribution in [3.63, 3.8) is 0 Å². The lowest BCUT2D eigenvalue weighted by Gasteiger charge is -2.44. The number of hydrogen-bond donors (Lipinski definition) is 0. The number of benzene rings is 7. The van der Waals surface area contributed by atoms with E-state index >= 15 is 0 Å². The van der Waals surface area contributed by atoms with Crippen LogP contribution in [0.1, 0.15) is 105 Å². The molecule has 0 spiro atoms. The van der Waals surface area contributed by atoms with Gasteiger partial charge in [0.1, 0.15) is 0 Å². The van der Waals surface area contributed by atoms with Gasteiger partial charge in [-0.1, -0.05) is 179 Å². The van der Waals surface area contributed by atoms with E-state index in [-0.39, 0.29) is 35.1 Å². The van der Waals surface area contributed by atoms with Crippen molar-refractivity contribution in [1.82, 2.24) is 0 Å². The van der Waals surface area contributed by atoms with Crippen molar-refractivity contribution < 1.29 is 0 Å². The molecule has 11 rings (SSSR count). The SMILES string of the molecule is CC(C)(C)c1ccc2c(c1)-c1cc(C(C)(C)C)cc3c1B2c1cc(N(c2ccccc2)c2ccccc2)cc2c1N3c1cc(C(C)(C)C)cc3c1B2c1ccc(C(C)(C)C)cc1-3. The lowest BCUT2D eigenvalue weighted by atomic mass is 9.32. The predicted octanol–water partition coefficient (Wildman–Crippen LogP) is 11.4. The quantitative estimate of drug-likeness (QED) is 0.164. The van der Waals surface area contributed by atoms with E-state index in [1.165, 1.54) is 100 Å². The highest BCUT2D eigenvalue weighted by Crippen LogP contribution is 2.49. The minimum atomic E-state index is -0.0443. The third kappa shape index (κ3) is 5.71. The van der Waals surface area contributed by atoms with Crippen LogP contribution in [0.25, 0.3) is 22.3 Å². The molecule has 0 saturated heterocycles. The Hall–Kier alpha value is -5.73. The fourth-order valence-corrected chi connectivity index (χ4v) is 11.0. The van der Waals surface area contributed by atoms with Gasteiger partial charge in [-0.25, -0.2) is 0 Å². The lowest BCUT2D eigenvalue weighted by Crippen LogP contribution is -2.63. The second kappa shape index (κ2) is 12.9. The van der Waals surface area contributed by atoms with E-state index in [4.69, 9.17) is 0 Å². The standard InChI is InChI=1S/C58H58B2N2/c1-55(2,3)35-23-25-46-42(27-35)44-29-37(57(7,8)9)31-50-52(44)59(46)48-33-41(61(39-19-15-13-16-20-39)40-21-17-14-18-22-40)34-49-54(48)62(50)51-32-38(58(10,11)12)30-45-43-28-36(56(4,5)6)24-26-47(43)60(49)53(45)51/h13-34H,1-12H3. The number of rotatable bonds is 3.